The maximum absolute atomic E-state index is 13.0. The molecule has 1 aliphatic rings. The minimum Gasteiger partial charge on any atom is -0.356 e. The fourth-order valence-corrected chi connectivity index (χ4v) is 4.16. The third-order valence-corrected chi connectivity index (χ3v) is 5.94. The van der Waals surface area contributed by atoms with Gasteiger partial charge in [0, 0.05) is 18.7 Å². The SMILES string of the molecule is Cc1ccccc1-c1noc(CN2CCCC(C(=O)NCCCc3ccc(F)cc3)C2)n1. The van der Waals surface area contributed by atoms with Crippen molar-refractivity contribution in [2.45, 2.75) is 39.2 Å². The maximum atomic E-state index is 13.0. The molecule has 168 valence electrons. The lowest BCUT2D eigenvalue weighted by Crippen LogP contribution is -2.43. The summed E-state index contributed by atoms with van der Waals surface area (Å²) < 4.78 is 18.5. The van der Waals surface area contributed by atoms with E-state index in [-0.39, 0.29) is 17.6 Å². The molecular formula is C25H29FN4O2. The minimum atomic E-state index is -0.226. The molecule has 1 unspecified atom stereocenters. The van der Waals surface area contributed by atoms with Gasteiger partial charge < -0.3 is 9.84 Å². The molecule has 32 heavy (non-hydrogen) atoms. The van der Waals surface area contributed by atoms with Crippen molar-refractivity contribution in [1.29, 1.82) is 0 Å². The number of carbonyl (C=O) groups excluding carboxylic acids is 1. The van der Waals surface area contributed by atoms with E-state index >= 15 is 0 Å². The summed E-state index contributed by atoms with van der Waals surface area (Å²) in [5, 5.41) is 7.19. The van der Waals surface area contributed by atoms with Crippen LogP contribution in [0.4, 0.5) is 4.39 Å². The lowest BCUT2D eigenvalue weighted by molar-refractivity contribution is -0.126. The molecule has 1 saturated heterocycles. The van der Waals surface area contributed by atoms with Crippen molar-refractivity contribution in [3.8, 4) is 11.4 Å². The minimum absolute atomic E-state index is 0.0340. The van der Waals surface area contributed by atoms with E-state index in [1.807, 2.05) is 31.2 Å². The highest BCUT2D eigenvalue weighted by Gasteiger charge is 2.26. The van der Waals surface area contributed by atoms with Crippen molar-refractivity contribution >= 4 is 5.91 Å². The molecule has 0 aliphatic carbocycles. The molecule has 0 radical (unpaired) electrons. The third kappa shape index (κ3) is 5.79. The van der Waals surface area contributed by atoms with Gasteiger partial charge >= 0.3 is 0 Å². The summed E-state index contributed by atoms with van der Waals surface area (Å²) >= 11 is 0. The number of halogens is 1. The van der Waals surface area contributed by atoms with Gasteiger partial charge in [0.1, 0.15) is 5.82 Å². The van der Waals surface area contributed by atoms with Gasteiger partial charge in [-0.2, -0.15) is 4.98 Å². The van der Waals surface area contributed by atoms with Crippen LogP contribution in [0.2, 0.25) is 0 Å². The van der Waals surface area contributed by atoms with Gasteiger partial charge in [-0.1, -0.05) is 41.6 Å². The van der Waals surface area contributed by atoms with Gasteiger partial charge in [0.25, 0.3) is 0 Å². The zero-order valence-electron chi connectivity index (χ0n) is 18.4. The van der Waals surface area contributed by atoms with Crippen LogP contribution in [0.25, 0.3) is 11.4 Å². The van der Waals surface area contributed by atoms with Crippen molar-refractivity contribution in [1.82, 2.24) is 20.4 Å². The molecule has 0 spiro atoms. The molecule has 1 amide bonds. The highest BCUT2D eigenvalue weighted by atomic mass is 19.1. The second-order valence-electron chi connectivity index (χ2n) is 8.42. The van der Waals surface area contributed by atoms with Crippen LogP contribution in [0, 0.1) is 18.7 Å². The van der Waals surface area contributed by atoms with Gasteiger partial charge in [0.15, 0.2) is 0 Å². The quantitative estimate of drug-likeness (QED) is 0.537. The van der Waals surface area contributed by atoms with E-state index in [1.54, 1.807) is 12.1 Å². The zero-order valence-corrected chi connectivity index (χ0v) is 18.4. The number of piperidine rings is 1. The fourth-order valence-electron chi connectivity index (χ4n) is 4.16. The lowest BCUT2D eigenvalue weighted by Gasteiger charge is -2.30. The number of hydrogen-bond donors (Lipinski definition) is 1. The summed E-state index contributed by atoms with van der Waals surface area (Å²) in [5.41, 5.74) is 3.15. The maximum Gasteiger partial charge on any atom is 0.241 e. The number of nitrogens with one attached hydrogen (secondary N) is 1. The number of rotatable bonds is 8. The van der Waals surface area contributed by atoms with E-state index in [4.69, 9.17) is 4.52 Å². The van der Waals surface area contributed by atoms with Crippen LogP contribution in [0.5, 0.6) is 0 Å². The van der Waals surface area contributed by atoms with Gasteiger partial charge in [0.05, 0.1) is 12.5 Å². The number of aryl methyl sites for hydroxylation is 2. The number of carbonyl (C=O) groups is 1. The first kappa shape index (κ1) is 22.1. The summed E-state index contributed by atoms with van der Waals surface area (Å²) in [7, 11) is 0. The van der Waals surface area contributed by atoms with Crippen LogP contribution in [0.15, 0.2) is 53.1 Å². The third-order valence-electron chi connectivity index (χ3n) is 5.94. The monoisotopic (exact) mass is 436 g/mol. The average molecular weight is 437 g/mol. The van der Waals surface area contributed by atoms with Gasteiger partial charge in [-0.3, -0.25) is 9.69 Å². The highest BCUT2D eigenvalue weighted by molar-refractivity contribution is 5.78. The lowest BCUT2D eigenvalue weighted by atomic mass is 9.97. The molecule has 1 atom stereocenters. The smallest absolute Gasteiger partial charge is 0.241 e. The number of nitrogens with zero attached hydrogens (tertiary/aromatic N) is 3. The van der Waals surface area contributed by atoms with Gasteiger partial charge in [-0.15, -0.1) is 0 Å². The molecule has 7 heteroatoms. The Morgan fingerprint density at radius 1 is 1.22 bits per heavy atom. The first-order valence-corrected chi connectivity index (χ1v) is 11.2. The topological polar surface area (TPSA) is 71.3 Å². The molecule has 2 heterocycles. The number of likely N-dealkylation sites (tertiary alicyclic amines) is 1. The summed E-state index contributed by atoms with van der Waals surface area (Å²) in [5.74, 6) is 1.01. The average Bonchev–Trinajstić information content (AvgIpc) is 3.26. The summed E-state index contributed by atoms with van der Waals surface area (Å²) in [6.45, 7) is 4.80. The van der Waals surface area contributed by atoms with E-state index in [0.717, 1.165) is 48.9 Å². The van der Waals surface area contributed by atoms with Crippen molar-refractivity contribution in [2.24, 2.45) is 5.92 Å². The van der Waals surface area contributed by atoms with E-state index in [2.05, 4.69) is 20.4 Å². The molecule has 1 aliphatic heterocycles. The second-order valence-corrected chi connectivity index (χ2v) is 8.42. The van der Waals surface area contributed by atoms with Crippen molar-refractivity contribution < 1.29 is 13.7 Å². The number of amides is 1. The molecule has 0 saturated carbocycles. The Bertz CT molecular complexity index is 1030. The van der Waals surface area contributed by atoms with Crippen molar-refractivity contribution in [3.63, 3.8) is 0 Å². The Kier molecular flexibility index (Phi) is 7.27. The first-order valence-electron chi connectivity index (χ1n) is 11.2. The van der Waals surface area contributed by atoms with E-state index in [0.29, 0.717) is 31.3 Å². The van der Waals surface area contributed by atoms with Crippen molar-refractivity contribution in [3.05, 3.63) is 71.4 Å². The number of aromatic nitrogens is 2. The Hall–Kier alpha value is -3.06. The normalized spacial score (nSPS) is 16.8. The molecule has 4 rings (SSSR count). The van der Waals surface area contributed by atoms with Crippen LogP contribution in [0.3, 0.4) is 0 Å². The summed E-state index contributed by atoms with van der Waals surface area (Å²) in [6.07, 6.45) is 3.50. The molecule has 1 aromatic heterocycles. The molecule has 3 aromatic rings. The van der Waals surface area contributed by atoms with Gasteiger partial charge in [-0.25, -0.2) is 4.39 Å². The number of benzene rings is 2. The predicted molar refractivity (Wildman–Crippen MR) is 120 cm³/mol. The Labute approximate surface area is 187 Å². The van der Waals surface area contributed by atoms with E-state index < -0.39 is 0 Å². The second kappa shape index (κ2) is 10.5. The first-order chi connectivity index (χ1) is 15.6. The highest BCUT2D eigenvalue weighted by Crippen LogP contribution is 2.22. The Morgan fingerprint density at radius 2 is 2.03 bits per heavy atom. The molecule has 1 N–H and O–H groups in total. The van der Waals surface area contributed by atoms with Crippen molar-refractivity contribution in [2.75, 3.05) is 19.6 Å². The van der Waals surface area contributed by atoms with Crippen LogP contribution < -0.4 is 5.32 Å². The van der Waals surface area contributed by atoms with Gasteiger partial charge in [-0.05, 0) is 62.4 Å². The van der Waals surface area contributed by atoms with Crippen LogP contribution in [-0.4, -0.2) is 40.6 Å². The fraction of sp³-hybridized carbons (Fsp3) is 0.400. The molecule has 1 fully saturated rings. The molecule has 0 bridgehead atoms. The summed E-state index contributed by atoms with van der Waals surface area (Å²) in [6, 6.07) is 14.5. The van der Waals surface area contributed by atoms with E-state index in [9.17, 15) is 9.18 Å². The van der Waals surface area contributed by atoms with Crippen LogP contribution >= 0.6 is 0 Å². The summed E-state index contributed by atoms with van der Waals surface area (Å²) in [4.78, 5) is 19.4. The van der Waals surface area contributed by atoms with E-state index in [1.165, 1.54) is 12.1 Å². The van der Waals surface area contributed by atoms with Crippen LogP contribution in [-0.2, 0) is 17.8 Å². The van der Waals surface area contributed by atoms with Gasteiger partial charge in [0.2, 0.25) is 17.6 Å². The Balaban J connectivity index is 1.24. The largest absolute Gasteiger partial charge is 0.356 e. The standard InChI is InChI=1S/C25H29FN4O2/c1-18-6-2-3-9-22(18)24-28-23(32-29-24)17-30-15-5-8-20(16-30)25(31)27-14-4-7-19-10-12-21(26)13-11-19/h2-3,6,9-13,20H,4-5,7-8,14-17H2,1H3,(H,27,31). The van der Waals surface area contributed by atoms with Crippen LogP contribution in [0.1, 0.15) is 36.3 Å². The Morgan fingerprint density at radius 3 is 2.84 bits per heavy atom. The predicted octanol–water partition coefficient (Wildman–Crippen LogP) is 4.15. The molecule has 2 aromatic carbocycles. The molecule has 6 nitrogen and oxygen atoms in total. The molecular weight excluding hydrogens is 407 g/mol. The zero-order chi connectivity index (χ0) is 22.3. The number of hydrogen-bond acceptors (Lipinski definition) is 5.